The van der Waals surface area contributed by atoms with Crippen LogP contribution in [0, 0.1) is 6.92 Å². The molecule has 2 N–H and O–H groups in total. The molecule has 3 rings (SSSR count). The number of imide groups is 1. The van der Waals surface area contributed by atoms with E-state index in [2.05, 4.69) is 10.6 Å². The van der Waals surface area contributed by atoms with Crippen LogP contribution in [-0.4, -0.2) is 39.8 Å². The van der Waals surface area contributed by atoms with Crippen LogP contribution in [0.3, 0.4) is 0 Å². The molecule has 0 bridgehead atoms. The first-order valence-corrected chi connectivity index (χ1v) is 11.1. The smallest absolute Gasteiger partial charge is 0.325 e. The summed E-state index contributed by atoms with van der Waals surface area (Å²) in [5, 5.41) is 5.50. The molecule has 8 heteroatoms. The lowest BCUT2D eigenvalue weighted by Gasteiger charge is -2.22. The first-order chi connectivity index (χ1) is 14.1. The zero-order valence-corrected chi connectivity index (χ0v) is 18.2. The first-order valence-electron chi connectivity index (χ1n) is 9.56. The number of rotatable bonds is 6. The zero-order chi connectivity index (χ0) is 22.1. The Labute approximate surface area is 178 Å². The minimum Gasteiger partial charge on any atom is -0.348 e. The van der Waals surface area contributed by atoms with E-state index in [0.29, 0.717) is 10.5 Å². The third-order valence-corrected chi connectivity index (χ3v) is 6.23. The summed E-state index contributed by atoms with van der Waals surface area (Å²) >= 11 is 0. The van der Waals surface area contributed by atoms with Crippen LogP contribution in [-0.2, 0) is 25.9 Å². The largest absolute Gasteiger partial charge is 0.348 e. The Hall–Kier alpha value is -3.00. The minimum atomic E-state index is -1.21. The number of carbonyl (C=O) groups is 3. The third-order valence-electron chi connectivity index (χ3n) is 5.30. The fourth-order valence-corrected chi connectivity index (χ4v) is 3.90. The van der Waals surface area contributed by atoms with E-state index in [1.54, 1.807) is 56.5 Å². The molecule has 0 spiro atoms. The van der Waals surface area contributed by atoms with Crippen molar-refractivity contribution in [1.82, 2.24) is 15.5 Å². The lowest BCUT2D eigenvalue weighted by atomic mass is 9.91. The van der Waals surface area contributed by atoms with Crippen molar-refractivity contribution in [3.8, 4) is 0 Å². The Bertz CT molecular complexity index is 1000. The highest BCUT2D eigenvalue weighted by atomic mass is 32.2. The van der Waals surface area contributed by atoms with Crippen molar-refractivity contribution in [3.63, 3.8) is 0 Å². The molecule has 7 nitrogen and oxygen atoms in total. The maximum absolute atomic E-state index is 12.9. The molecule has 3 atom stereocenters. The Morgan fingerprint density at radius 2 is 1.73 bits per heavy atom. The molecule has 158 valence electrons. The first kappa shape index (κ1) is 21.7. The summed E-state index contributed by atoms with van der Waals surface area (Å²) in [6.07, 6.45) is 1.60. The number of carbonyl (C=O) groups excluding carboxylic acids is 3. The molecule has 0 saturated carbocycles. The van der Waals surface area contributed by atoms with Gasteiger partial charge in [0.05, 0.1) is 6.04 Å². The van der Waals surface area contributed by atoms with Crippen molar-refractivity contribution in [2.75, 3.05) is 12.8 Å². The third kappa shape index (κ3) is 4.28. The quantitative estimate of drug-likeness (QED) is 0.692. The van der Waals surface area contributed by atoms with Crippen molar-refractivity contribution < 1.29 is 18.6 Å². The Morgan fingerprint density at radius 3 is 2.30 bits per heavy atom. The highest BCUT2D eigenvalue weighted by Gasteiger charge is 2.49. The molecule has 4 amide bonds. The lowest BCUT2D eigenvalue weighted by molar-refractivity contribution is -0.135. The second-order valence-electron chi connectivity index (χ2n) is 7.62. The van der Waals surface area contributed by atoms with Gasteiger partial charge >= 0.3 is 6.03 Å². The number of nitrogens with one attached hydrogen (secondary N) is 2. The van der Waals surface area contributed by atoms with Gasteiger partial charge in [0.1, 0.15) is 12.1 Å². The Morgan fingerprint density at radius 1 is 1.13 bits per heavy atom. The molecule has 0 aliphatic carbocycles. The molecule has 0 radical (unpaired) electrons. The van der Waals surface area contributed by atoms with Crippen molar-refractivity contribution in [1.29, 1.82) is 0 Å². The van der Waals surface area contributed by atoms with Gasteiger partial charge in [0.2, 0.25) is 5.91 Å². The fourth-order valence-electron chi connectivity index (χ4n) is 3.39. The molecule has 1 saturated heterocycles. The summed E-state index contributed by atoms with van der Waals surface area (Å²) in [4.78, 5) is 39.5. The molecule has 30 heavy (non-hydrogen) atoms. The topological polar surface area (TPSA) is 95.6 Å². The molecule has 1 fully saturated rings. The summed E-state index contributed by atoms with van der Waals surface area (Å²) < 4.78 is 11.5. The molecule has 1 aliphatic heterocycles. The van der Waals surface area contributed by atoms with Gasteiger partial charge < -0.3 is 10.6 Å². The number of aryl methyl sites for hydroxylation is 1. The average Bonchev–Trinajstić information content (AvgIpc) is 2.92. The molecule has 1 heterocycles. The normalized spacial score (nSPS) is 20.6. The standard InChI is InChI=1S/C22H25N3O4S/c1-14-5-9-17(10-6-14)22(3)20(27)25(21(28)24-22)13-19(26)23-15(2)16-7-11-18(12-8-16)30(4)29/h5-12,15H,13H2,1-4H3,(H,23,26)(H,24,28)/t15-,22-,30-/m0/s1. The number of amides is 4. The van der Waals surface area contributed by atoms with E-state index in [1.807, 2.05) is 19.1 Å². The predicted octanol–water partition coefficient (Wildman–Crippen LogP) is 2.38. The highest BCUT2D eigenvalue weighted by molar-refractivity contribution is 7.84. The molecule has 1 aliphatic rings. The summed E-state index contributed by atoms with van der Waals surface area (Å²) in [5.74, 6) is -0.906. The number of hydrogen-bond donors (Lipinski definition) is 2. The monoisotopic (exact) mass is 427 g/mol. The number of hydrogen-bond acceptors (Lipinski definition) is 4. The van der Waals surface area contributed by atoms with E-state index in [1.165, 1.54) is 0 Å². The average molecular weight is 428 g/mol. The summed E-state index contributed by atoms with van der Waals surface area (Å²) in [6, 6.07) is 13.5. The predicted molar refractivity (Wildman–Crippen MR) is 114 cm³/mol. The van der Waals surface area contributed by atoms with E-state index < -0.39 is 34.2 Å². The zero-order valence-electron chi connectivity index (χ0n) is 17.4. The highest BCUT2D eigenvalue weighted by Crippen LogP contribution is 2.29. The Balaban J connectivity index is 1.67. The van der Waals surface area contributed by atoms with Gasteiger partial charge in [0.15, 0.2) is 0 Å². The van der Waals surface area contributed by atoms with Crippen molar-refractivity contribution in [2.45, 2.75) is 37.2 Å². The fraction of sp³-hybridized carbons (Fsp3) is 0.318. The molecular weight excluding hydrogens is 402 g/mol. The second-order valence-corrected chi connectivity index (χ2v) is 9.00. The van der Waals surface area contributed by atoms with Gasteiger partial charge in [-0.2, -0.15) is 0 Å². The summed E-state index contributed by atoms with van der Waals surface area (Å²) in [5.41, 5.74) is 1.33. The van der Waals surface area contributed by atoms with Crippen LogP contribution in [0.25, 0.3) is 0 Å². The van der Waals surface area contributed by atoms with Gasteiger partial charge in [-0.1, -0.05) is 42.0 Å². The van der Waals surface area contributed by atoms with Crippen molar-refractivity contribution in [3.05, 3.63) is 65.2 Å². The number of benzene rings is 2. The number of urea groups is 1. The summed E-state index contributed by atoms with van der Waals surface area (Å²) in [6.45, 7) is 5.01. The van der Waals surface area contributed by atoms with Crippen LogP contribution in [0.4, 0.5) is 4.79 Å². The molecule has 2 aromatic carbocycles. The van der Waals surface area contributed by atoms with Crippen LogP contribution >= 0.6 is 0 Å². The van der Waals surface area contributed by atoms with E-state index >= 15 is 0 Å². The molecule has 2 aromatic rings. The van der Waals surface area contributed by atoms with Crippen LogP contribution < -0.4 is 10.6 Å². The number of nitrogens with zero attached hydrogens (tertiary/aromatic N) is 1. The lowest BCUT2D eigenvalue weighted by Crippen LogP contribution is -2.43. The van der Waals surface area contributed by atoms with Crippen LogP contribution in [0.15, 0.2) is 53.4 Å². The maximum Gasteiger partial charge on any atom is 0.325 e. The van der Waals surface area contributed by atoms with Crippen LogP contribution in [0.5, 0.6) is 0 Å². The summed E-state index contributed by atoms with van der Waals surface area (Å²) in [7, 11) is -1.07. The van der Waals surface area contributed by atoms with Gasteiger partial charge in [-0.15, -0.1) is 0 Å². The van der Waals surface area contributed by atoms with Gasteiger partial charge in [-0.05, 0) is 44.0 Å². The van der Waals surface area contributed by atoms with E-state index in [-0.39, 0.29) is 12.6 Å². The van der Waals surface area contributed by atoms with Gasteiger partial charge in [-0.3, -0.25) is 18.7 Å². The van der Waals surface area contributed by atoms with Crippen molar-refractivity contribution >= 4 is 28.6 Å². The SMILES string of the molecule is Cc1ccc([C@]2(C)NC(=O)N(CC(=O)N[C@@H](C)c3ccc([S@](C)=O)cc3)C2=O)cc1. The second kappa shape index (κ2) is 8.39. The van der Waals surface area contributed by atoms with Gasteiger partial charge in [0.25, 0.3) is 5.91 Å². The minimum absolute atomic E-state index is 0.332. The van der Waals surface area contributed by atoms with Gasteiger partial charge in [0, 0.05) is 22.0 Å². The van der Waals surface area contributed by atoms with Crippen molar-refractivity contribution in [2.24, 2.45) is 0 Å². The van der Waals surface area contributed by atoms with E-state index in [4.69, 9.17) is 0 Å². The Kier molecular flexibility index (Phi) is 6.07. The molecule has 0 unspecified atom stereocenters. The van der Waals surface area contributed by atoms with E-state index in [9.17, 15) is 18.6 Å². The molecule has 0 aromatic heterocycles. The van der Waals surface area contributed by atoms with Crippen LogP contribution in [0.1, 0.15) is 36.6 Å². The molecular formula is C22H25N3O4S. The van der Waals surface area contributed by atoms with Gasteiger partial charge in [-0.25, -0.2) is 4.79 Å². The van der Waals surface area contributed by atoms with Crippen LogP contribution in [0.2, 0.25) is 0 Å². The maximum atomic E-state index is 12.9. The van der Waals surface area contributed by atoms with E-state index in [0.717, 1.165) is 16.0 Å².